The highest BCUT2D eigenvalue weighted by molar-refractivity contribution is 7.98. The van der Waals surface area contributed by atoms with Gasteiger partial charge in [0, 0.05) is 24.7 Å². The lowest BCUT2D eigenvalue weighted by molar-refractivity contribution is 0.794. The summed E-state index contributed by atoms with van der Waals surface area (Å²) < 4.78 is 0. The predicted octanol–water partition coefficient (Wildman–Crippen LogP) is 2.29. The van der Waals surface area contributed by atoms with Crippen LogP contribution in [0.4, 0.5) is 0 Å². The van der Waals surface area contributed by atoms with Gasteiger partial charge >= 0.3 is 0 Å². The van der Waals surface area contributed by atoms with Crippen molar-refractivity contribution in [2.24, 2.45) is 4.99 Å². The SMILES string of the molecule is CN=C(NCCSC)NCc1nc(C(C)C)cs1. The Morgan fingerprint density at radius 3 is 2.83 bits per heavy atom. The van der Waals surface area contributed by atoms with Crippen molar-refractivity contribution in [1.29, 1.82) is 0 Å². The van der Waals surface area contributed by atoms with Gasteiger partial charge in [0.15, 0.2) is 5.96 Å². The molecular weight excluding hydrogens is 264 g/mol. The third kappa shape index (κ3) is 5.27. The van der Waals surface area contributed by atoms with Crippen LogP contribution in [-0.4, -0.2) is 36.5 Å². The van der Waals surface area contributed by atoms with Crippen LogP contribution in [0.25, 0.3) is 0 Å². The summed E-state index contributed by atoms with van der Waals surface area (Å²) in [6.45, 7) is 5.98. The van der Waals surface area contributed by atoms with Crippen molar-refractivity contribution in [3.8, 4) is 0 Å². The van der Waals surface area contributed by atoms with E-state index in [1.807, 2.05) is 11.8 Å². The van der Waals surface area contributed by atoms with Gasteiger partial charge in [0.1, 0.15) is 5.01 Å². The first kappa shape index (κ1) is 15.3. The van der Waals surface area contributed by atoms with Crippen LogP contribution in [0.2, 0.25) is 0 Å². The molecule has 0 atom stereocenters. The highest BCUT2D eigenvalue weighted by atomic mass is 32.2. The Labute approximate surface area is 118 Å². The van der Waals surface area contributed by atoms with Crippen LogP contribution in [0.3, 0.4) is 0 Å². The number of nitrogens with zero attached hydrogens (tertiary/aromatic N) is 2. The lowest BCUT2D eigenvalue weighted by Gasteiger charge is -2.09. The van der Waals surface area contributed by atoms with Gasteiger partial charge in [-0.25, -0.2) is 4.98 Å². The minimum absolute atomic E-state index is 0.494. The quantitative estimate of drug-likeness (QED) is 0.478. The van der Waals surface area contributed by atoms with E-state index in [4.69, 9.17) is 0 Å². The number of hydrogen-bond acceptors (Lipinski definition) is 4. The van der Waals surface area contributed by atoms with Gasteiger partial charge in [0.05, 0.1) is 12.2 Å². The van der Waals surface area contributed by atoms with Gasteiger partial charge in [-0.05, 0) is 12.2 Å². The van der Waals surface area contributed by atoms with Crippen LogP contribution in [-0.2, 0) is 6.54 Å². The smallest absolute Gasteiger partial charge is 0.191 e. The van der Waals surface area contributed by atoms with Gasteiger partial charge in [-0.3, -0.25) is 4.99 Å². The van der Waals surface area contributed by atoms with Crippen molar-refractivity contribution in [1.82, 2.24) is 15.6 Å². The number of rotatable bonds is 6. The Kier molecular flexibility index (Phi) is 7.12. The van der Waals surface area contributed by atoms with Crippen LogP contribution in [0.5, 0.6) is 0 Å². The molecule has 102 valence electrons. The molecule has 0 aliphatic carbocycles. The summed E-state index contributed by atoms with van der Waals surface area (Å²) in [5, 5.41) is 9.77. The lowest BCUT2D eigenvalue weighted by atomic mass is 10.2. The first-order chi connectivity index (χ1) is 8.67. The number of guanidine groups is 1. The second kappa shape index (κ2) is 8.37. The molecule has 0 spiro atoms. The standard InChI is InChI=1S/C12H22N4S2/c1-9(2)10-8-18-11(16-10)7-15-12(13-3)14-5-6-17-4/h8-9H,5-7H2,1-4H3,(H2,13,14,15). The lowest BCUT2D eigenvalue weighted by Crippen LogP contribution is -2.37. The highest BCUT2D eigenvalue weighted by Crippen LogP contribution is 2.17. The molecule has 18 heavy (non-hydrogen) atoms. The molecule has 1 rings (SSSR count). The number of aliphatic imine (C=N–C) groups is 1. The molecule has 0 radical (unpaired) electrons. The molecule has 4 nitrogen and oxygen atoms in total. The Bertz CT molecular complexity index is 374. The largest absolute Gasteiger partial charge is 0.356 e. The third-order valence-corrected chi connectivity index (χ3v) is 3.87. The summed E-state index contributed by atoms with van der Waals surface area (Å²) in [6, 6.07) is 0. The molecule has 0 saturated carbocycles. The van der Waals surface area contributed by atoms with E-state index >= 15 is 0 Å². The molecule has 1 aromatic heterocycles. The third-order valence-electron chi connectivity index (χ3n) is 2.39. The molecule has 0 aromatic carbocycles. The molecule has 6 heteroatoms. The zero-order valence-corrected chi connectivity index (χ0v) is 13.1. The van der Waals surface area contributed by atoms with E-state index in [1.54, 1.807) is 18.4 Å². The minimum Gasteiger partial charge on any atom is -0.356 e. The number of aromatic nitrogens is 1. The zero-order valence-electron chi connectivity index (χ0n) is 11.5. The van der Waals surface area contributed by atoms with Crippen molar-refractivity contribution in [2.75, 3.05) is 25.6 Å². The van der Waals surface area contributed by atoms with Gasteiger partial charge < -0.3 is 10.6 Å². The molecule has 0 aliphatic heterocycles. The van der Waals surface area contributed by atoms with E-state index in [0.29, 0.717) is 5.92 Å². The van der Waals surface area contributed by atoms with E-state index in [1.165, 1.54) is 5.69 Å². The van der Waals surface area contributed by atoms with Crippen molar-refractivity contribution >= 4 is 29.1 Å². The maximum Gasteiger partial charge on any atom is 0.191 e. The topological polar surface area (TPSA) is 49.3 Å². The summed E-state index contributed by atoms with van der Waals surface area (Å²) in [5.41, 5.74) is 1.17. The molecule has 0 fully saturated rings. The van der Waals surface area contributed by atoms with Crippen LogP contribution in [0.1, 0.15) is 30.5 Å². The molecule has 0 unspecified atom stereocenters. The van der Waals surface area contributed by atoms with Crippen LogP contribution >= 0.6 is 23.1 Å². The maximum absolute atomic E-state index is 4.58. The number of nitrogens with one attached hydrogen (secondary N) is 2. The van der Waals surface area contributed by atoms with Crippen LogP contribution in [0.15, 0.2) is 10.4 Å². The van der Waals surface area contributed by atoms with Crippen molar-refractivity contribution in [2.45, 2.75) is 26.3 Å². The van der Waals surface area contributed by atoms with Gasteiger partial charge in [-0.2, -0.15) is 11.8 Å². The Hall–Kier alpha value is -0.750. The summed E-state index contributed by atoms with van der Waals surface area (Å²) in [7, 11) is 1.79. The molecular formula is C12H22N4S2. The molecule has 1 heterocycles. The first-order valence-electron chi connectivity index (χ1n) is 6.05. The van der Waals surface area contributed by atoms with Crippen molar-refractivity contribution in [3.05, 3.63) is 16.1 Å². The molecule has 0 bridgehead atoms. The molecule has 0 saturated heterocycles. The summed E-state index contributed by atoms with van der Waals surface area (Å²) in [6.07, 6.45) is 2.10. The Morgan fingerprint density at radius 1 is 1.50 bits per heavy atom. The molecule has 1 aromatic rings. The second-order valence-corrected chi connectivity index (χ2v) is 6.09. The van der Waals surface area contributed by atoms with E-state index in [2.05, 4.69) is 46.1 Å². The van der Waals surface area contributed by atoms with Crippen molar-refractivity contribution < 1.29 is 0 Å². The first-order valence-corrected chi connectivity index (χ1v) is 8.32. The highest BCUT2D eigenvalue weighted by Gasteiger charge is 2.06. The number of thioether (sulfide) groups is 1. The molecule has 0 amide bonds. The predicted molar refractivity (Wildman–Crippen MR) is 82.8 cm³/mol. The molecule has 2 N–H and O–H groups in total. The van der Waals surface area contributed by atoms with Crippen LogP contribution < -0.4 is 10.6 Å². The van der Waals surface area contributed by atoms with E-state index < -0.39 is 0 Å². The summed E-state index contributed by atoms with van der Waals surface area (Å²) in [5.74, 6) is 2.41. The maximum atomic E-state index is 4.58. The number of hydrogen-bond donors (Lipinski definition) is 2. The average Bonchev–Trinajstić information content (AvgIpc) is 2.82. The Balaban J connectivity index is 2.37. The number of thiazole rings is 1. The van der Waals surface area contributed by atoms with Gasteiger partial charge in [-0.15, -0.1) is 11.3 Å². The van der Waals surface area contributed by atoms with Crippen LogP contribution in [0, 0.1) is 0 Å². The summed E-state index contributed by atoms with van der Waals surface area (Å²) in [4.78, 5) is 8.76. The van der Waals surface area contributed by atoms with E-state index in [0.717, 1.165) is 29.8 Å². The van der Waals surface area contributed by atoms with Gasteiger partial charge in [0.2, 0.25) is 0 Å². The molecule has 0 aliphatic rings. The van der Waals surface area contributed by atoms with Gasteiger partial charge in [-0.1, -0.05) is 13.8 Å². The zero-order chi connectivity index (χ0) is 13.4. The van der Waals surface area contributed by atoms with E-state index in [-0.39, 0.29) is 0 Å². The fourth-order valence-corrected chi connectivity index (χ4v) is 2.52. The monoisotopic (exact) mass is 286 g/mol. The fraction of sp³-hybridized carbons (Fsp3) is 0.667. The van der Waals surface area contributed by atoms with E-state index in [9.17, 15) is 0 Å². The average molecular weight is 286 g/mol. The minimum atomic E-state index is 0.494. The second-order valence-electron chi connectivity index (χ2n) is 4.17. The normalized spacial score (nSPS) is 11.9. The van der Waals surface area contributed by atoms with Gasteiger partial charge in [0.25, 0.3) is 0 Å². The fourth-order valence-electron chi connectivity index (χ4n) is 1.32. The van der Waals surface area contributed by atoms with Crippen molar-refractivity contribution in [3.63, 3.8) is 0 Å². The Morgan fingerprint density at radius 2 is 2.28 bits per heavy atom. The summed E-state index contributed by atoms with van der Waals surface area (Å²) >= 11 is 3.52.